The van der Waals surface area contributed by atoms with E-state index in [1.54, 1.807) is 18.6 Å². The predicted molar refractivity (Wildman–Crippen MR) is 187 cm³/mol. The molecular formula is C33H44Cl3N7O4. The SMILES string of the molecule is CC[C@@H](CO)NCCN[C@@H](CC)CO.Clc1ccc(COC(Cn2ccnc2)c2ccc(Cl)cc2Cl)cc1.NC(=O)c1cnccn1. The second-order valence-electron chi connectivity index (χ2n) is 10.3. The predicted octanol–water partition coefficient (Wildman–Crippen LogP) is 5.08. The Bertz CT molecular complexity index is 1380. The van der Waals surface area contributed by atoms with Gasteiger partial charge in [-0.1, -0.05) is 66.8 Å². The number of benzene rings is 2. The summed E-state index contributed by atoms with van der Waals surface area (Å²) in [4.78, 5) is 21.7. The molecule has 2 aromatic carbocycles. The van der Waals surface area contributed by atoms with E-state index in [4.69, 9.17) is 55.5 Å². The second kappa shape index (κ2) is 23.2. The molecule has 0 aliphatic rings. The lowest BCUT2D eigenvalue weighted by molar-refractivity contribution is 0.0280. The molecule has 6 N–H and O–H groups in total. The van der Waals surface area contributed by atoms with Crippen LogP contribution in [0.25, 0.3) is 0 Å². The summed E-state index contributed by atoms with van der Waals surface area (Å²) < 4.78 is 8.08. The van der Waals surface area contributed by atoms with Gasteiger partial charge in [-0.25, -0.2) is 9.97 Å². The smallest absolute Gasteiger partial charge is 0.268 e. The van der Waals surface area contributed by atoms with Gasteiger partial charge in [0, 0.05) is 70.6 Å². The summed E-state index contributed by atoms with van der Waals surface area (Å²) in [5.74, 6) is -0.553. The molecule has 1 amide bonds. The van der Waals surface area contributed by atoms with Gasteiger partial charge in [-0.15, -0.1) is 0 Å². The number of amides is 1. The first-order valence-electron chi connectivity index (χ1n) is 15.2. The lowest BCUT2D eigenvalue weighted by atomic mass is 10.1. The Morgan fingerprint density at radius 2 is 1.55 bits per heavy atom. The minimum Gasteiger partial charge on any atom is -0.395 e. The maximum atomic E-state index is 10.3. The third-order valence-corrected chi connectivity index (χ3v) is 7.66. The van der Waals surface area contributed by atoms with Gasteiger partial charge in [0.05, 0.1) is 38.9 Å². The summed E-state index contributed by atoms with van der Waals surface area (Å²) >= 11 is 18.3. The molecule has 1 unspecified atom stereocenters. The van der Waals surface area contributed by atoms with Crippen molar-refractivity contribution >= 4 is 40.7 Å². The lowest BCUT2D eigenvalue weighted by Crippen LogP contribution is -2.40. The number of aliphatic hydroxyl groups is 2. The van der Waals surface area contributed by atoms with Gasteiger partial charge < -0.3 is 35.9 Å². The van der Waals surface area contributed by atoms with Gasteiger partial charge in [0.25, 0.3) is 5.91 Å². The van der Waals surface area contributed by atoms with Gasteiger partial charge in [-0.2, -0.15) is 0 Å². The topological polar surface area (TPSA) is 160 Å². The fourth-order valence-electron chi connectivity index (χ4n) is 4.02. The number of primary amides is 1. The molecule has 0 spiro atoms. The largest absolute Gasteiger partial charge is 0.395 e. The van der Waals surface area contributed by atoms with Crippen molar-refractivity contribution in [2.24, 2.45) is 5.73 Å². The number of nitrogens with zero attached hydrogens (tertiary/aromatic N) is 4. The summed E-state index contributed by atoms with van der Waals surface area (Å²) in [6, 6.07) is 13.4. The van der Waals surface area contributed by atoms with Crippen molar-refractivity contribution in [1.29, 1.82) is 0 Å². The van der Waals surface area contributed by atoms with Crippen LogP contribution in [0.4, 0.5) is 0 Å². The number of aliphatic hydroxyl groups excluding tert-OH is 2. The molecule has 2 aromatic heterocycles. The van der Waals surface area contributed by atoms with E-state index in [-0.39, 0.29) is 37.1 Å². The highest BCUT2D eigenvalue weighted by atomic mass is 35.5. The number of carbonyl (C=O) groups excluding carboxylic acids is 1. The highest BCUT2D eigenvalue weighted by molar-refractivity contribution is 6.35. The van der Waals surface area contributed by atoms with E-state index in [2.05, 4.69) is 25.6 Å². The summed E-state index contributed by atoms with van der Waals surface area (Å²) in [6.07, 6.45) is 11.3. The first kappa shape index (κ1) is 40.0. The van der Waals surface area contributed by atoms with Crippen LogP contribution < -0.4 is 16.4 Å². The van der Waals surface area contributed by atoms with Gasteiger partial charge in [0.15, 0.2) is 0 Å². The molecule has 0 fully saturated rings. The monoisotopic (exact) mass is 707 g/mol. The third-order valence-electron chi connectivity index (χ3n) is 6.84. The Morgan fingerprint density at radius 1 is 0.915 bits per heavy atom. The summed E-state index contributed by atoms with van der Waals surface area (Å²) in [6.45, 7) is 7.19. The molecule has 14 heteroatoms. The zero-order valence-electron chi connectivity index (χ0n) is 26.6. The number of halogens is 3. The van der Waals surface area contributed by atoms with Crippen molar-refractivity contribution in [2.75, 3.05) is 26.3 Å². The Labute approximate surface area is 291 Å². The van der Waals surface area contributed by atoms with E-state index in [1.807, 2.05) is 61.0 Å². The van der Waals surface area contributed by atoms with Gasteiger partial charge in [-0.3, -0.25) is 9.78 Å². The molecule has 0 saturated heterocycles. The molecule has 0 aliphatic heterocycles. The van der Waals surface area contributed by atoms with E-state index >= 15 is 0 Å². The van der Waals surface area contributed by atoms with Crippen LogP contribution in [0.2, 0.25) is 15.1 Å². The zero-order valence-corrected chi connectivity index (χ0v) is 28.9. The van der Waals surface area contributed by atoms with Crippen LogP contribution in [0.3, 0.4) is 0 Å². The maximum Gasteiger partial charge on any atom is 0.268 e. The third kappa shape index (κ3) is 16.0. The van der Waals surface area contributed by atoms with Crippen LogP contribution in [0.1, 0.15) is 54.4 Å². The molecule has 4 rings (SSSR count). The van der Waals surface area contributed by atoms with Crippen LogP contribution in [0.15, 0.2) is 79.8 Å². The van der Waals surface area contributed by atoms with E-state index in [0.29, 0.717) is 28.2 Å². The number of aromatic nitrogens is 4. The molecule has 0 saturated carbocycles. The highest BCUT2D eigenvalue weighted by Gasteiger charge is 2.17. The first-order chi connectivity index (χ1) is 22.7. The van der Waals surface area contributed by atoms with E-state index in [1.165, 1.54) is 18.6 Å². The van der Waals surface area contributed by atoms with Crippen molar-refractivity contribution < 1.29 is 19.7 Å². The van der Waals surface area contributed by atoms with Crippen molar-refractivity contribution in [3.05, 3.63) is 112 Å². The van der Waals surface area contributed by atoms with Crippen LogP contribution in [-0.4, -0.2) is 74.0 Å². The number of nitrogens with two attached hydrogens (primary N) is 1. The van der Waals surface area contributed by atoms with Crippen molar-refractivity contribution in [1.82, 2.24) is 30.2 Å². The first-order valence-corrected chi connectivity index (χ1v) is 16.3. The molecule has 4 aromatic rings. The average molecular weight is 709 g/mol. The van der Waals surface area contributed by atoms with Crippen LogP contribution in [0, 0.1) is 0 Å². The summed E-state index contributed by atoms with van der Waals surface area (Å²) in [5, 5.41) is 26.2. The molecule has 0 aliphatic carbocycles. The van der Waals surface area contributed by atoms with E-state index in [0.717, 1.165) is 37.1 Å². The Balaban J connectivity index is 0.000000282. The molecule has 2 heterocycles. The normalized spacial score (nSPS) is 12.6. The maximum absolute atomic E-state index is 10.3. The number of ether oxygens (including phenoxy) is 1. The number of imidazole rings is 1. The van der Waals surface area contributed by atoms with Crippen molar-refractivity contribution in [2.45, 2.75) is 58.0 Å². The lowest BCUT2D eigenvalue weighted by Gasteiger charge is -2.20. The Kier molecular flexibility index (Phi) is 19.8. The average Bonchev–Trinajstić information content (AvgIpc) is 3.60. The molecular weight excluding hydrogens is 665 g/mol. The number of hydrogen-bond donors (Lipinski definition) is 5. The molecule has 47 heavy (non-hydrogen) atoms. The molecule has 256 valence electrons. The fourth-order valence-corrected chi connectivity index (χ4v) is 4.68. The minimum absolute atomic E-state index is 0.188. The number of hydrogen-bond acceptors (Lipinski definition) is 9. The number of carbonyl (C=O) groups is 1. The Hall–Kier alpha value is -3.13. The minimum atomic E-state index is -0.553. The van der Waals surface area contributed by atoms with Gasteiger partial charge >= 0.3 is 0 Å². The number of rotatable bonds is 16. The molecule has 11 nitrogen and oxygen atoms in total. The van der Waals surface area contributed by atoms with Crippen molar-refractivity contribution in [3.8, 4) is 0 Å². The van der Waals surface area contributed by atoms with E-state index in [9.17, 15) is 4.79 Å². The quantitative estimate of drug-likeness (QED) is 0.100. The van der Waals surface area contributed by atoms with Gasteiger partial charge in [-0.05, 0) is 42.7 Å². The zero-order chi connectivity index (χ0) is 34.4. The number of nitrogens with one attached hydrogen (secondary N) is 2. The van der Waals surface area contributed by atoms with Gasteiger partial charge in [0.2, 0.25) is 0 Å². The van der Waals surface area contributed by atoms with Crippen LogP contribution in [0.5, 0.6) is 0 Å². The molecule has 3 atom stereocenters. The second-order valence-corrected chi connectivity index (χ2v) is 11.6. The molecule has 0 radical (unpaired) electrons. The van der Waals surface area contributed by atoms with E-state index < -0.39 is 5.91 Å². The van der Waals surface area contributed by atoms with Crippen LogP contribution >= 0.6 is 34.8 Å². The van der Waals surface area contributed by atoms with Crippen LogP contribution in [-0.2, 0) is 17.9 Å². The fraction of sp³-hybridized carbons (Fsp3) is 0.394. The highest BCUT2D eigenvalue weighted by Crippen LogP contribution is 2.30. The summed E-state index contributed by atoms with van der Waals surface area (Å²) in [7, 11) is 0. The van der Waals surface area contributed by atoms with Crippen molar-refractivity contribution in [3.63, 3.8) is 0 Å². The molecule has 0 bridgehead atoms. The van der Waals surface area contributed by atoms with Gasteiger partial charge in [0.1, 0.15) is 11.8 Å². The standard InChI is InChI=1S/C18H15Cl3N2O.C10H24N2O2.C5H5N3O/c19-14-3-1-13(2-4-14)11-24-18(10-23-8-7-22-12-23)16-6-5-15(20)9-17(16)21;1-3-9(7-13)11-5-6-12-10(4-2)8-14;6-5(9)4-3-7-1-2-8-4/h1-9,12,18H,10-11H2;9-14H,3-8H2,1-2H3;1-3H,(H2,6,9)/t;9-,10-;/m.0./s1. The summed E-state index contributed by atoms with van der Waals surface area (Å²) in [5.41, 5.74) is 7.00. The Morgan fingerprint density at radius 3 is 2.02 bits per heavy atom.